The molecule has 1 heterocycles. The Morgan fingerprint density at radius 3 is 2.67 bits per heavy atom. The van der Waals surface area contributed by atoms with E-state index in [1.165, 1.54) is 9.71 Å². The standard InChI is InChI=1S/C17H26N2OS/c1-5-17(4,20-7-3)15(18-6-2)12-16-19-13-10-8-9-11-14(13)21-16/h8-11,15,18H,5-7,12H2,1-4H3. The Bertz CT molecular complexity index is 536. The molecule has 1 aromatic heterocycles. The molecule has 1 aromatic carbocycles. The maximum Gasteiger partial charge on any atom is 0.0955 e. The van der Waals surface area contributed by atoms with Crippen molar-refractivity contribution in [1.29, 1.82) is 0 Å². The number of hydrogen-bond acceptors (Lipinski definition) is 4. The fourth-order valence-corrected chi connectivity index (χ4v) is 3.72. The van der Waals surface area contributed by atoms with Gasteiger partial charge in [-0.3, -0.25) is 0 Å². The average Bonchev–Trinajstić information content (AvgIpc) is 2.89. The molecule has 4 heteroatoms. The van der Waals surface area contributed by atoms with E-state index in [4.69, 9.17) is 9.72 Å². The smallest absolute Gasteiger partial charge is 0.0955 e. The monoisotopic (exact) mass is 306 g/mol. The third-order valence-corrected chi connectivity index (χ3v) is 5.14. The number of hydrogen-bond donors (Lipinski definition) is 1. The topological polar surface area (TPSA) is 34.2 Å². The van der Waals surface area contributed by atoms with E-state index < -0.39 is 0 Å². The Morgan fingerprint density at radius 1 is 1.29 bits per heavy atom. The maximum absolute atomic E-state index is 6.05. The molecule has 0 radical (unpaired) electrons. The minimum atomic E-state index is -0.150. The lowest BCUT2D eigenvalue weighted by molar-refractivity contribution is -0.0546. The number of benzene rings is 1. The molecule has 0 amide bonds. The molecule has 3 nitrogen and oxygen atoms in total. The number of likely N-dealkylation sites (N-methyl/N-ethyl adjacent to an activating group) is 1. The predicted octanol–water partition coefficient (Wildman–Crippen LogP) is 4.02. The van der Waals surface area contributed by atoms with E-state index in [9.17, 15) is 0 Å². The van der Waals surface area contributed by atoms with Gasteiger partial charge in [0, 0.05) is 19.1 Å². The molecule has 1 N–H and O–H groups in total. The molecule has 21 heavy (non-hydrogen) atoms. The van der Waals surface area contributed by atoms with E-state index in [1.54, 1.807) is 11.3 Å². The van der Waals surface area contributed by atoms with Crippen LogP contribution in [0, 0.1) is 0 Å². The Labute approximate surface area is 131 Å². The lowest BCUT2D eigenvalue weighted by atomic mass is 9.90. The molecule has 0 bridgehead atoms. The minimum absolute atomic E-state index is 0.150. The molecule has 0 fully saturated rings. The van der Waals surface area contributed by atoms with Crippen LogP contribution in [0.25, 0.3) is 10.2 Å². The number of aromatic nitrogens is 1. The number of ether oxygens (including phenoxy) is 1. The molecular formula is C17H26N2OS. The summed E-state index contributed by atoms with van der Waals surface area (Å²) in [6.07, 6.45) is 1.90. The number of thiazole rings is 1. The van der Waals surface area contributed by atoms with E-state index >= 15 is 0 Å². The summed E-state index contributed by atoms with van der Waals surface area (Å²) >= 11 is 1.79. The van der Waals surface area contributed by atoms with Crippen LogP contribution in [-0.2, 0) is 11.2 Å². The van der Waals surface area contributed by atoms with E-state index in [1.807, 2.05) is 6.07 Å². The number of para-hydroxylation sites is 1. The van der Waals surface area contributed by atoms with Crippen LogP contribution >= 0.6 is 11.3 Å². The van der Waals surface area contributed by atoms with Crippen LogP contribution in [0.2, 0.25) is 0 Å². The van der Waals surface area contributed by atoms with Crippen LogP contribution in [0.15, 0.2) is 24.3 Å². The van der Waals surface area contributed by atoms with E-state index in [2.05, 4.69) is 51.2 Å². The highest BCUT2D eigenvalue weighted by Gasteiger charge is 2.33. The fraction of sp³-hybridized carbons (Fsp3) is 0.588. The van der Waals surface area contributed by atoms with Crippen molar-refractivity contribution in [3.8, 4) is 0 Å². The van der Waals surface area contributed by atoms with Crippen LogP contribution in [0.1, 0.15) is 39.1 Å². The third kappa shape index (κ3) is 3.82. The van der Waals surface area contributed by atoms with Crippen LogP contribution in [0.3, 0.4) is 0 Å². The molecule has 2 unspecified atom stereocenters. The van der Waals surface area contributed by atoms with Crippen molar-refractivity contribution < 1.29 is 4.74 Å². The number of nitrogens with zero attached hydrogens (tertiary/aromatic N) is 1. The van der Waals surface area contributed by atoms with Crippen molar-refractivity contribution in [1.82, 2.24) is 10.3 Å². The van der Waals surface area contributed by atoms with Gasteiger partial charge in [0.15, 0.2) is 0 Å². The van der Waals surface area contributed by atoms with Gasteiger partial charge in [0.2, 0.25) is 0 Å². The predicted molar refractivity (Wildman–Crippen MR) is 91.1 cm³/mol. The summed E-state index contributed by atoms with van der Waals surface area (Å²) in [5.41, 5.74) is 0.949. The van der Waals surface area contributed by atoms with Gasteiger partial charge in [0.1, 0.15) is 0 Å². The minimum Gasteiger partial charge on any atom is -0.374 e. The molecule has 2 aromatic rings. The first kappa shape index (κ1) is 16.4. The Morgan fingerprint density at radius 2 is 2.05 bits per heavy atom. The van der Waals surface area contributed by atoms with Crippen molar-refractivity contribution >= 4 is 21.6 Å². The second-order valence-electron chi connectivity index (χ2n) is 5.49. The lowest BCUT2D eigenvalue weighted by Crippen LogP contribution is -2.51. The van der Waals surface area contributed by atoms with Crippen LogP contribution < -0.4 is 5.32 Å². The van der Waals surface area contributed by atoms with E-state index in [0.29, 0.717) is 0 Å². The first-order chi connectivity index (χ1) is 10.1. The van der Waals surface area contributed by atoms with Gasteiger partial charge in [-0.1, -0.05) is 26.0 Å². The van der Waals surface area contributed by atoms with Crippen LogP contribution in [0.4, 0.5) is 0 Å². The van der Waals surface area contributed by atoms with Crippen molar-refractivity contribution in [2.45, 2.75) is 52.2 Å². The SMILES string of the molecule is CCNC(Cc1nc2ccccc2s1)C(C)(CC)OCC. The molecule has 0 saturated heterocycles. The fourth-order valence-electron chi connectivity index (χ4n) is 2.71. The quantitative estimate of drug-likeness (QED) is 0.800. The zero-order valence-electron chi connectivity index (χ0n) is 13.5. The lowest BCUT2D eigenvalue weighted by Gasteiger charge is -2.37. The van der Waals surface area contributed by atoms with Crippen molar-refractivity contribution in [3.63, 3.8) is 0 Å². The molecule has 0 aliphatic heterocycles. The zero-order chi connectivity index (χ0) is 15.3. The summed E-state index contributed by atoms with van der Waals surface area (Å²) < 4.78 is 7.32. The molecule has 2 rings (SSSR count). The molecule has 0 saturated carbocycles. The van der Waals surface area contributed by atoms with Gasteiger partial charge < -0.3 is 10.1 Å². The zero-order valence-corrected chi connectivity index (χ0v) is 14.3. The summed E-state index contributed by atoms with van der Waals surface area (Å²) in [5.74, 6) is 0. The molecule has 116 valence electrons. The van der Waals surface area contributed by atoms with Gasteiger partial charge in [0.25, 0.3) is 0 Å². The summed E-state index contributed by atoms with van der Waals surface area (Å²) in [4.78, 5) is 4.77. The molecule has 0 spiro atoms. The highest BCUT2D eigenvalue weighted by Crippen LogP contribution is 2.27. The number of nitrogens with one attached hydrogen (secondary N) is 1. The molecular weight excluding hydrogens is 280 g/mol. The third-order valence-electron chi connectivity index (χ3n) is 4.08. The highest BCUT2D eigenvalue weighted by molar-refractivity contribution is 7.18. The van der Waals surface area contributed by atoms with Crippen molar-refractivity contribution in [3.05, 3.63) is 29.3 Å². The Hall–Kier alpha value is -0.970. The first-order valence-corrected chi connectivity index (χ1v) is 8.66. The second kappa shape index (κ2) is 7.34. The normalized spacial score (nSPS) is 16.0. The van der Waals surface area contributed by atoms with Crippen LogP contribution in [-0.4, -0.2) is 29.8 Å². The van der Waals surface area contributed by atoms with Gasteiger partial charge in [-0.25, -0.2) is 4.98 Å². The van der Waals surface area contributed by atoms with Gasteiger partial charge in [-0.2, -0.15) is 0 Å². The summed E-state index contributed by atoms with van der Waals surface area (Å²) in [7, 11) is 0. The second-order valence-corrected chi connectivity index (χ2v) is 6.60. The van der Waals surface area contributed by atoms with Gasteiger partial charge in [0.05, 0.1) is 20.8 Å². The number of fused-ring (bicyclic) bond motifs is 1. The van der Waals surface area contributed by atoms with Gasteiger partial charge in [-0.05, 0) is 38.9 Å². The van der Waals surface area contributed by atoms with E-state index in [0.717, 1.165) is 31.5 Å². The van der Waals surface area contributed by atoms with Gasteiger partial charge in [-0.15, -0.1) is 11.3 Å². The Kier molecular flexibility index (Phi) is 5.73. The number of rotatable bonds is 8. The maximum atomic E-state index is 6.05. The van der Waals surface area contributed by atoms with Crippen molar-refractivity contribution in [2.75, 3.05) is 13.2 Å². The summed E-state index contributed by atoms with van der Waals surface area (Å²) in [6.45, 7) is 10.3. The summed E-state index contributed by atoms with van der Waals surface area (Å²) in [5, 5.41) is 4.78. The largest absolute Gasteiger partial charge is 0.374 e. The van der Waals surface area contributed by atoms with Crippen LogP contribution in [0.5, 0.6) is 0 Å². The van der Waals surface area contributed by atoms with Gasteiger partial charge >= 0.3 is 0 Å². The highest BCUT2D eigenvalue weighted by atomic mass is 32.1. The molecule has 0 aliphatic rings. The first-order valence-electron chi connectivity index (χ1n) is 7.84. The molecule has 2 atom stereocenters. The molecule has 0 aliphatic carbocycles. The summed E-state index contributed by atoms with van der Waals surface area (Å²) in [6, 6.07) is 8.62. The Balaban J connectivity index is 2.22. The van der Waals surface area contributed by atoms with Crippen molar-refractivity contribution in [2.24, 2.45) is 0 Å². The average molecular weight is 306 g/mol. The van der Waals surface area contributed by atoms with E-state index in [-0.39, 0.29) is 11.6 Å².